The largest absolute Gasteiger partial charge is 0.493 e. The molecule has 2 saturated heterocycles. The fourth-order valence-corrected chi connectivity index (χ4v) is 6.64. The number of amides is 1. The zero-order valence-electron chi connectivity index (χ0n) is 23.4. The van der Waals surface area contributed by atoms with E-state index in [4.69, 9.17) is 28.1 Å². The first-order chi connectivity index (χ1) is 20.0. The van der Waals surface area contributed by atoms with Crippen molar-refractivity contribution in [1.82, 2.24) is 15.6 Å². The number of ether oxygens (including phenoxy) is 5. The Kier molecular flexibility index (Phi) is 6.29. The molecule has 1 saturated carbocycles. The maximum atomic E-state index is 12.3. The molecule has 2 spiro atoms. The highest BCUT2D eigenvalue weighted by Crippen LogP contribution is 2.65. The van der Waals surface area contributed by atoms with Crippen molar-refractivity contribution in [3.8, 4) is 23.0 Å². The SMILES string of the molecule is CNC(=O)c1c(C)oc2cc(Oc3ccnc4cc(OCCC5CC56CNCC65OCCO5)c(OC)cc34)ccc12. The van der Waals surface area contributed by atoms with Crippen LogP contribution in [0.25, 0.3) is 21.9 Å². The van der Waals surface area contributed by atoms with Gasteiger partial charge in [-0.05, 0) is 49.9 Å². The number of carbonyl (C=O) groups excluding carboxylic acids is 1. The molecule has 4 aromatic rings. The summed E-state index contributed by atoms with van der Waals surface area (Å²) in [6, 6.07) is 11.0. The Bertz CT molecular complexity index is 1640. The summed E-state index contributed by atoms with van der Waals surface area (Å²) in [4.78, 5) is 16.8. The van der Waals surface area contributed by atoms with Crippen molar-refractivity contribution in [1.29, 1.82) is 0 Å². The third kappa shape index (κ3) is 4.20. The first-order valence-electron chi connectivity index (χ1n) is 14.0. The molecule has 3 fully saturated rings. The molecule has 2 aromatic carbocycles. The molecule has 2 unspecified atom stereocenters. The van der Waals surface area contributed by atoms with E-state index < -0.39 is 5.79 Å². The summed E-state index contributed by atoms with van der Waals surface area (Å²) in [5, 5.41) is 7.65. The van der Waals surface area contributed by atoms with Crippen LogP contribution in [-0.4, -0.2) is 63.7 Å². The number of nitrogens with one attached hydrogen (secondary N) is 2. The van der Waals surface area contributed by atoms with Crippen LogP contribution in [0.4, 0.5) is 0 Å². The quantitative estimate of drug-likeness (QED) is 0.320. The monoisotopic (exact) mass is 559 g/mol. The van der Waals surface area contributed by atoms with Gasteiger partial charge in [0.2, 0.25) is 0 Å². The summed E-state index contributed by atoms with van der Waals surface area (Å²) in [5.41, 5.74) is 1.88. The van der Waals surface area contributed by atoms with Gasteiger partial charge in [-0.3, -0.25) is 9.78 Å². The number of aryl methyl sites for hydroxylation is 1. The molecule has 41 heavy (non-hydrogen) atoms. The molecule has 10 heteroatoms. The molecule has 7 rings (SSSR count). The number of nitrogens with zero attached hydrogens (tertiary/aromatic N) is 1. The molecule has 1 amide bonds. The number of carbonyl (C=O) groups is 1. The van der Waals surface area contributed by atoms with Crippen molar-refractivity contribution >= 4 is 27.8 Å². The first-order valence-corrected chi connectivity index (χ1v) is 14.0. The molecule has 10 nitrogen and oxygen atoms in total. The summed E-state index contributed by atoms with van der Waals surface area (Å²) in [7, 11) is 3.23. The Labute approximate surface area is 237 Å². The van der Waals surface area contributed by atoms with Gasteiger partial charge in [0.25, 0.3) is 5.91 Å². The number of fused-ring (bicyclic) bond motifs is 3. The van der Waals surface area contributed by atoms with E-state index in [0.29, 0.717) is 65.6 Å². The van der Waals surface area contributed by atoms with Crippen LogP contribution in [0.1, 0.15) is 29.0 Å². The third-order valence-corrected chi connectivity index (χ3v) is 8.77. The zero-order chi connectivity index (χ0) is 28.2. The molecule has 1 aliphatic carbocycles. The summed E-state index contributed by atoms with van der Waals surface area (Å²) in [6.07, 6.45) is 3.69. The van der Waals surface area contributed by atoms with Gasteiger partial charge in [0.1, 0.15) is 22.8 Å². The normalized spacial score (nSPS) is 22.6. The van der Waals surface area contributed by atoms with Crippen molar-refractivity contribution in [2.45, 2.75) is 25.6 Å². The summed E-state index contributed by atoms with van der Waals surface area (Å²) in [5.74, 6) is 2.83. The van der Waals surface area contributed by atoms with Crippen molar-refractivity contribution < 1.29 is 32.9 Å². The van der Waals surface area contributed by atoms with Crippen LogP contribution in [-0.2, 0) is 9.47 Å². The van der Waals surface area contributed by atoms with Gasteiger partial charge < -0.3 is 38.7 Å². The van der Waals surface area contributed by atoms with E-state index in [1.165, 1.54) is 0 Å². The van der Waals surface area contributed by atoms with E-state index in [-0.39, 0.29) is 11.3 Å². The van der Waals surface area contributed by atoms with Gasteiger partial charge in [-0.1, -0.05) is 0 Å². The maximum absolute atomic E-state index is 12.3. The van der Waals surface area contributed by atoms with Gasteiger partial charge in [0.15, 0.2) is 17.3 Å². The lowest BCUT2D eigenvalue weighted by molar-refractivity contribution is -0.183. The predicted molar refractivity (Wildman–Crippen MR) is 151 cm³/mol. The van der Waals surface area contributed by atoms with Crippen LogP contribution < -0.4 is 24.8 Å². The lowest BCUT2D eigenvalue weighted by Gasteiger charge is -2.29. The molecule has 2 aromatic heterocycles. The van der Waals surface area contributed by atoms with Gasteiger partial charge in [-0.25, -0.2) is 0 Å². The van der Waals surface area contributed by atoms with Gasteiger partial charge in [-0.2, -0.15) is 0 Å². The predicted octanol–water partition coefficient (Wildman–Crippen LogP) is 4.57. The minimum absolute atomic E-state index is 0.0511. The van der Waals surface area contributed by atoms with Crippen LogP contribution in [0.15, 0.2) is 47.0 Å². The molecule has 3 aliphatic rings. The Morgan fingerprint density at radius 3 is 2.76 bits per heavy atom. The summed E-state index contributed by atoms with van der Waals surface area (Å²) < 4.78 is 36.2. The van der Waals surface area contributed by atoms with Crippen LogP contribution in [0.3, 0.4) is 0 Å². The van der Waals surface area contributed by atoms with Crippen LogP contribution in [0.5, 0.6) is 23.0 Å². The average molecular weight is 560 g/mol. The van der Waals surface area contributed by atoms with Gasteiger partial charge in [0, 0.05) is 48.1 Å². The smallest absolute Gasteiger partial charge is 0.255 e. The molecule has 0 bridgehead atoms. The van der Waals surface area contributed by atoms with Gasteiger partial charge >= 0.3 is 0 Å². The number of rotatable bonds is 8. The number of hydrogen-bond donors (Lipinski definition) is 2. The second-order valence-corrected chi connectivity index (χ2v) is 10.9. The molecule has 2 atom stereocenters. The van der Waals surface area contributed by atoms with Crippen LogP contribution >= 0.6 is 0 Å². The van der Waals surface area contributed by atoms with Gasteiger partial charge in [-0.15, -0.1) is 0 Å². The van der Waals surface area contributed by atoms with Crippen molar-refractivity contribution in [2.24, 2.45) is 11.3 Å². The molecule has 214 valence electrons. The average Bonchev–Trinajstić information content (AvgIpc) is 3.26. The number of methoxy groups -OCH3 is 1. The minimum Gasteiger partial charge on any atom is -0.493 e. The number of furan rings is 1. The Morgan fingerprint density at radius 1 is 1.10 bits per heavy atom. The molecule has 2 aliphatic heterocycles. The van der Waals surface area contributed by atoms with Crippen molar-refractivity contribution in [3.05, 3.63) is 53.9 Å². The van der Waals surface area contributed by atoms with Crippen molar-refractivity contribution in [3.63, 3.8) is 0 Å². The lowest BCUT2D eigenvalue weighted by Crippen LogP contribution is -2.41. The molecular weight excluding hydrogens is 526 g/mol. The third-order valence-electron chi connectivity index (χ3n) is 8.77. The van der Waals surface area contributed by atoms with Gasteiger partial charge in [0.05, 0.1) is 44.6 Å². The fourth-order valence-electron chi connectivity index (χ4n) is 6.64. The summed E-state index contributed by atoms with van der Waals surface area (Å²) in [6.45, 7) is 5.33. The topological polar surface area (TPSA) is 113 Å². The van der Waals surface area contributed by atoms with E-state index in [1.807, 2.05) is 24.3 Å². The molecule has 0 radical (unpaired) electrons. The molecule has 4 heterocycles. The molecular formula is C31H33N3O7. The highest BCUT2D eigenvalue weighted by Gasteiger charge is 2.71. The Morgan fingerprint density at radius 2 is 1.95 bits per heavy atom. The second kappa shape index (κ2) is 9.90. The molecule has 2 N–H and O–H groups in total. The second-order valence-electron chi connectivity index (χ2n) is 10.9. The van der Waals surface area contributed by atoms with E-state index in [1.54, 1.807) is 39.4 Å². The first kappa shape index (κ1) is 26.1. The highest BCUT2D eigenvalue weighted by atomic mass is 16.7. The zero-order valence-corrected chi connectivity index (χ0v) is 23.4. The van der Waals surface area contributed by atoms with E-state index in [0.717, 1.165) is 42.2 Å². The lowest BCUT2D eigenvalue weighted by atomic mass is 9.95. The van der Waals surface area contributed by atoms with Crippen LogP contribution in [0.2, 0.25) is 0 Å². The van der Waals surface area contributed by atoms with Crippen LogP contribution in [0, 0.1) is 18.3 Å². The van der Waals surface area contributed by atoms with Crippen molar-refractivity contribution in [2.75, 3.05) is 47.1 Å². The number of benzene rings is 2. The number of aromatic nitrogens is 1. The van der Waals surface area contributed by atoms with E-state index in [9.17, 15) is 4.79 Å². The Balaban J connectivity index is 1.08. The van der Waals surface area contributed by atoms with E-state index >= 15 is 0 Å². The number of hydrogen-bond acceptors (Lipinski definition) is 9. The Hall–Kier alpha value is -3.86. The highest BCUT2D eigenvalue weighted by molar-refractivity contribution is 6.07. The maximum Gasteiger partial charge on any atom is 0.255 e. The minimum atomic E-state index is -0.467. The van der Waals surface area contributed by atoms with E-state index in [2.05, 4.69) is 15.6 Å². The number of pyridine rings is 1. The summed E-state index contributed by atoms with van der Waals surface area (Å²) >= 11 is 0. The standard InChI is InChI=1S/C31H33N3O7/c1-18-28(29(35)32-2)21-5-4-20(12-25(21)40-18)41-24-6-8-34-23-14-27(26(36-3)13-22(23)24)37-9-7-19-15-30(19)16-33-17-31(30)38-10-11-39-31/h4-6,8,12-14,19,33H,7,9-11,15-17H2,1-3H3,(H,32,35). The fraction of sp³-hybridized carbons (Fsp3) is 0.419.